The molecule has 0 spiro atoms. The zero-order valence-corrected chi connectivity index (χ0v) is 13.1. The molecule has 0 saturated heterocycles. The van der Waals surface area contributed by atoms with E-state index in [9.17, 15) is 4.79 Å². The van der Waals surface area contributed by atoms with E-state index in [2.05, 4.69) is 35.6 Å². The molecule has 2 aromatic carbocycles. The number of ether oxygens (including phenoxy) is 1. The normalized spacial score (nSPS) is 17.1. The van der Waals surface area contributed by atoms with E-state index < -0.39 is 5.91 Å². The Labute approximate surface area is 136 Å². The minimum atomic E-state index is -0.459. The number of primary amides is 1. The highest BCUT2D eigenvalue weighted by Crippen LogP contribution is 2.29. The first-order chi connectivity index (χ1) is 11.2. The van der Waals surface area contributed by atoms with Crippen LogP contribution in [-0.2, 0) is 17.6 Å². The van der Waals surface area contributed by atoms with Gasteiger partial charge in [0.05, 0.1) is 0 Å². The number of hydrogen-bond donors (Lipinski definition) is 2. The van der Waals surface area contributed by atoms with Crippen molar-refractivity contribution in [3.63, 3.8) is 0 Å². The average molecular weight is 310 g/mol. The number of amides is 1. The van der Waals surface area contributed by atoms with Gasteiger partial charge in [-0.25, -0.2) is 0 Å². The van der Waals surface area contributed by atoms with Gasteiger partial charge in [-0.15, -0.1) is 0 Å². The summed E-state index contributed by atoms with van der Waals surface area (Å²) in [5.41, 5.74) is 9.07. The molecule has 0 aliphatic carbocycles. The van der Waals surface area contributed by atoms with Crippen molar-refractivity contribution in [2.24, 2.45) is 5.73 Å². The van der Waals surface area contributed by atoms with Gasteiger partial charge in [-0.3, -0.25) is 4.79 Å². The molecule has 0 saturated carbocycles. The average Bonchev–Trinajstić information content (AvgIpc) is 2.76. The minimum absolute atomic E-state index is 0.0877. The Kier molecular flexibility index (Phi) is 4.93. The number of hydrogen-bond acceptors (Lipinski definition) is 3. The predicted molar refractivity (Wildman–Crippen MR) is 90.3 cm³/mol. The predicted octanol–water partition coefficient (Wildman–Crippen LogP) is 2.37. The van der Waals surface area contributed by atoms with E-state index in [0.29, 0.717) is 5.75 Å². The van der Waals surface area contributed by atoms with E-state index in [1.165, 1.54) is 16.7 Å². The molecule has 3 rings (SSSR count). The molecule has 4 heteroatoms. The maximum atomic E-state index is 10.9. The SMILES string of the molecule is NC(=O)COc1ccc2c(c1)C(Cc1ccccc1)NCCC2. The van der Waals surface area contributed by atoms with Gasteiger partial charge in [0.25, 0.3) is 5.91 Å². The van der Waals surface area contributed by atoms with Gasteiger partial charge in [-0.05, 0) is 54.6 Å². The number of nitrogens with one attached hydrogen (secondary N) is 1. The van der Waals surface area contributed by atoms with Crippen LogP contribution in [0.3, 0.4) is 0 Å². The molecule has 1 unspecified atom stereocenters. The van der Waals surface area contributed by atoms with Gasteiger partial charge in [-0.2, -0.15) is 0 Å². The van der Waals surface area contributed by atoms with E-state index in [0.717, 1.165) is 25.8 Å². The van der Waals surface area contributed by atoms with Crippen molar-refractivity contribution in [2.75, 3.05) is 13.2 Å². The lowest BCUT2D eigenvalue weighted by atomic mass is 9.94. The van der Waals surface area contributed by atoms with Crippen LogP contribution in [0.2, 0.25) is 0 Å². The van der Waals surface area contributed by atoms with Gasteiger partial charge >= 0.3 is 0 Å². The zero-order chi connectivity index (χ0) is 16.1. The first kappa shape index (κ1) is 15.6. The Balaban J connectivity index is 1.84. The second kappa shape index (κ2) is 7.29. The summed E-state index contributed by atoms with van der Waals surface area (Å²) in [4.78, 5) is 10.9. The number of aryl methyl sites for hydroxylation is 1. The van der Waals surface area contributed by atoms with Crippen LogP contribution in [0.4, 0.5) is 0 Å². The van der Waals surface area contributed by atoms with E-state index in [1.54, 1.807) is 0 Å². The fourth-order valence-corrected chi connectivity index (χ4v) is 3.07. The molecule has 0 aromatic heterocycles. The molecule has 1 atom stereocenters. The van der Waals surface area contributed by atoms with Gasteiger partial charge in [0, 0.05) is 6.04 Å². The Morgan fingerprint density at radius 1 is 1.22 bits per heavy atom. The van der Waals surface area contributed by atoms with Crippen LogP contribution < -0.4 is 15.8 Å². The van der Waals surface area contributed by atoms with Crippen LogP contribution in [0.5, 0.6) is 5.75 Å². The molecule has 0 bridgehead atoms. The third-order valence-corrected chi connectivity index (χ3v) is 4.17. The summed E-state index contributed by atoms with van der Waals surface area (Å²) in [7, 11) is 0. The van der Waals surface area contributed by atoms with Crippen molar-refractivity contribution in [1.29, 1.82) is 0 Å². The molecule has 1 aliphatic rings. The topological polar surface area (TPSA) is 64.4 Å². The first-order valence-electron chi connectivity index (χ1n) is 8.03. The standard InChI is InChI=1S/C19H22N2O2/c20-19(22)13-23-16-9-8-15-7-4-10-21-18(17(15)12-16)11-14-5-2-1-3-6-14/h1-3,5-6,8-9,12,18,21H,4,7,10-11,13H2,(H2,20,22). The third-order valence-electron chi connectivity index (χ3n) is 4.17. The lowest BCUT2D eigenvalue weighted by Crippen LogP contribution is -2.23. The van der Waals surface area contributed by atoms with Crippen LogP contribution in [-0.4, -0.2) is 19.1 Å². The van der Waals surface area contributed by atoms with Crippen LogP contribution in [0.1, 0.15) is 29.2 Å². The molecule has 1 amide bonds. The lowest BCUT2D eigenvalue weighted by Gasteiger charge is -2.20. The summed E-state index contributed by atoms with van der Waals surface area (Å²) < 4.78 is 5.47. The van der Waals surface area contributed by atoms with Crippen molar-refractivity contribution in [2.45, 2.75) is 25.3 Å². The van der Waals surface area contributed by atoms with Gasteiger partial charge < -0.3 is 15.8 Å². The summed E-state index contributed by atoms with van der Waals surface area (Å²) in [6, 6.07) is 16.8. The molecule has 0 radical (unpaired) electrons. The fourth-order valence-electron chi connectivity index (χ4n) is 3.07. The molecule has 4 nitrogen and oxygen atoms in total. The highest BCUT2D eigenvalue weighted by atomic mass is 16.5. The molecule has 3 N–H and O–H groups in total. The number of benzene rings is 2. The van der Waals surface area contributed by atoms with Crippen LogP contribution in [0, 0.1) is 0 Å². The van der Waals surface area contributed by atoms with E-state index in [1.807, 2.05) is 18.2 Å². The number of fused-ring (bicyclic) bond motifs is 1. The molecule has 2 aromatic rings. The van der Waals surface area contributed by atoms with Gasteiger partial charge in [0.15, 0.2) is 6.61 Å². The summed E-state index contributed by atoms with van der Waals surface area (Å²) >= 11 is 0. The van der Waals surface area contributed by atoms with Crippen molar-refractivity contribution >= 4 is 5.91 Å². The van der Waals surface area contributed by atoms with Gasteiger partial charge in [0.2, 0.25) is 0 Å². The number of carbonyl (C=O) groups excluding carboxylic acids is 1. The monoisotopic (exact) mass is 310 g/mol. The second-order valence-corrected chi connectivity index (χ2v) is 5.92. The Morgan fingerprint density at radius 2 is 2.04 bits per heavy atom. The maximum absolute atomic E-state index is 10.9. The third kappa shape index (κ3) is 4.11. The molecule has 0 fully saturated rings. The molecule has 120 valence electrons. The summed E-state index contributed by atoms with van der Waals surface area (Å²) in [6.07, 6.45) is 3.12. The quantitative estimate of drug-likeness (QED) is 0.891. The van der Waals surface area contributed by atoms with Crippen molar-refractivity contribution < 1.29 is 9.53 Å². The van der Waals surface area contributed by atoms with Crippen molar-refractivity contribution in [3.05, 3.63) is 65.2 Å². The minimum Gasteiger partial charge on any atom is -0.484 e. The lowest BCUT2D eigenvalue weighted by molar-refractivity contribution is -0.119. The van der Waals surface area contributed by atoms with Crippen molar-refractivity contribution in [3.8, 4) is 5.75 Å². The van der Waals surface area contributed by atoms with Gasteiger partial charge in [-0.1, -0.05) is 36.4 Å². The van der Waals surface area contributed by atoms with Crippen LogP contribution in [0.25, 0.3) is 0 Å². The molecule has 1 aliphatic heterocycles. The summed E-state index contributed by atoms with van der Waals surface area (Å²) in [5.74, 6) is 0.239. The van der Waals surface area contributed by atoms with E-state index >= 15 is 0 Å². The highest BCUT2D eigenvalue weighted by molar-refractivity contribution is 5.75. The fraction of sp³-hybridized carbons (Fsp3) is 0.316. The number of nitrogens with two attached hydrogens (primary N) is 1. The summed E-state index contributed by atoms with van der Waals surface area (Å²) in [6.45, 7) is 0.916. The summed E-state index contributed by atoms with van der Waals surface area (Å²) in [5, 5.41) is 3.63. The Hall–Kier alpha value is -2.33. The van der Waals surface area contributed by atoms with Crippen LogP contribution >= 0.6 is 0 Å². The molecular weight excluding hydrogens is 288 g/mol. The largest absolute Gasteiger partial charge is 0.484 e. The molecular formula is C19H22N2O2. The number of rotatable bonds is 5. The van der Waals surface area contributed by atoms with E-state index in [-0.39, 0.29) is 12.6 Å². The Bertz CT molecular complexity index is 670. The zero-order valence-electron chi connectivity index (χ0n) is 13.1. The second-order valence-electron chi connectivity index (χ2n) is 5.92. The van der Waals surface area contributed by atoms with Crippen molar-refractivity contribution in [1.82, 2.24) is 5.32 Å². The Morgan fingerprint density at radius 3 is 2.83 bits per heavy atom. The molecule has 1 heterocycles. The van der Waals surface area contributed by atoms with E-state index in [4.69, 9.17) is 10.5 Å². The maximum Gasteiger partial charge on any atom is 0.255 e. The molecule has 23 heavy (non-hydrogen) atoms. The highest BCUT2D eigenvalue weighted by Gasteiger charge is 2.19. The first-order valence-corrected chi connectivity index (χ1v) is 8.03. The van der Waals surface area contributed by atoms with Gasteiger partial charge in [0.1, 0.15) is 5.75 Å². The number of carbonyl (C=O) groups is 1. The van der Waals surface area contributed by atoms with Crippen LogP contribution in [0.15, 0.2) is 48.5 Å². The smallest absolute Gasteiger partial charge is 0.255 e.